The number of hydrogen-bond acceptors (Lipinski definition) is 4. The van der Waals surface area contributed by atoms with Crippen molar-refractivity contribution >= 4 is 17.4 Å². The second kappa shape index (κ2) is 4.50. The molecule has 0 fully saturated rings. The van der Waals surface area contributed by atoms with Gasteiger partial charge in [-0.25, -0.2) is 0 Å². The zero-order chi connectivity index (χ0) is 10.6. The van der Waals surface area contributed by atoms with Crippen LogP contribution in [0.4, 0.5) is 11.5 Å². The van der Waals surface area contributed by atoms with Gasteiger partial charge in [0.15, 0.2) is 0 Å². The largest absolute Gasteiger partial charge is 0.382 e. The molecule has 6 nitrogen and oxygen atoms in total. The number of nitrogens with one attached hydrogen (secondary N) is 2. The first-order valence-corrected chi connectivity index (χ1v) is 4.41. The molecule has 0 aliphatic carbocycles. The van der Waals surface area contributed by atoms with Crippen LogP contribution in [0.2, 0.25) is 0 Å². The summed E-state index contributed by atoms with van der Waals surface area (Å²) in [5, 5.41) is 9.09. The Kier molecular flexibility index (Phi) is 3.33. The second-order valence-corrected chi connectivity index (χ2v) is 2.98. The number of aromatic amines is 1. The topological polar surface area (TPSA) is 87.0 Å². The number of nitrogens with two attached hydrogens (primary N) is 1. The van der Waals surface area contributed by atoms with Crippen LogP contribution in [0.1, 0.15) is 6.92 Å². The number of likely N-dealkylation sites (N-methyl/N-ethyl adjacent to an activating group) is 2. The Morgan fingerprint density at radius 3 is 3.00 bits per heavy atom. The Balaban J connectivity index is 2.54. The van der Waals surface area contributed by atoms with Gasteiger partial charge >= 0.3 is 0 Å². The van der Waals surface area contributed by atoms with Crippen LogP contribution < -0.4 is 16.0 Å². The maximum Gasteiger partial charge on any atom is 0.239 e. The third kappa shape index (κ3) is 2.38. The maximum atomic E-state index is 11.2. The SMILES string of the molecule is CCNC(=O)CN(C)c1cn[nH]c1N. The first-order chi connectivity index (χ1) is 6.65. The monoisotopic (exact) mass is 197 g/mol. The van der Waals surface area contributed by atoms with E-state index in [4.69, 9.17) is 5.73 Å². The average Bonchev–Trinajstić information content (AvgIpc) is 2.51. The zero-order valence-corrected chi connectivity index (χ0v) is 8.37. The number of nitrogen functional groups attached to an aromatic ring is 1. The van der Waals surface area contributed by atoms with Gasteiger partial charge in [-0.3, -0.25) is 9.89 Å². The molecule has 0 saturated carbocycles. The Morgan fingerprint density at radius 1 is 1.79 bits per heavy atom. The molecule has 1 amide bonds. The number of nitrogens with zero attached hydrogens (tertiary/aromatic N) is 2. The Labute approximate surface area is 82.5 Å². The quantitative estimate of drug-likeness (QED) is 0.611. The summed E-state index contributed by atoms with van der Waals surface area (Å²) in [6, 6.07) is 0. The summed E-state index contributed by atoms with van der Waals surface area (Å²) in [5.41, 5.74) is 6.33. The van der Waals surface area contributed by atoms with Gasteiger partial charge in [0.05, 0.1) is 18.4 Å². The Bertz CT molecular complexity index is 308. The highest BCUT2D eigenvalue weighted by Gasteiger charge is 2.10. The van der Waals surface area contributed by atoms with E-state index < -0.39 is 0 Å². The molecule has 0 atom stereocenters. The van der Waals surface area contributed by atoms with E-state index in [1.165, 1.54) is 0 Å². The lowest BCUT2D eigenvalue weighted by molar-refractivity contribution is -0.119. The van der Waals surface area contributed by atoms with Gasteiger partial charge in [0.25, 0.3) is 0 Å². The molecule has 0 unspecified atom stereocenters. The minimum Gasteiger partial charge on any atom is -0.382 e. The van der Waals surface area contributed by atoms with Crippen LogP contribution in [0, 0.1) is 0 Å². The highest BCUT2D eigenvalue weighted by Crippen LogP contribution is 2.17. The van der Waals surface area contributed by atoms with Crippen LogP contribution in [0.3, 0.4) is 0 Å². The predicted octanol–water partition coefficient (Wildman–Crippen LogP) is -0.436. The summed E-state index contributed by atoms with van der Waals surface area (Å²) < 4.78 is 0. The number of hydrogen-bond donors (Lipinski definition) is 3. The number of rotatable bonds is 4. The van der Waals surface area contributed by atoms with Gasteiger partial charge in [0, 0.05) is 13.6 Å². The van der Waals surface area contributed by atoms with Gasteiger partial charge in [-0.05, 0) is 6.92 Å². The van der Waals surface area contributed by atoms with E-state index in [1.54, 1.807) is 18.1 Å². The Morgan fingerprint density at radius 2 is 2.50 bits per heavy atom. The van der Waals surface area contributed by atoms with E-state index >= 15 is 0 Å². The van der Waals surface area contributed by atoms with Crippen molar-refractivity contribution in [3.05, 3.63) is 6.20 Å². The van der Waals surface area contributed by atoms with E-state index in [0.717, 1.165) is 5.69 Å². The molecule has 1 rings (SSSR count). The normalized spacial score (nSPS) is 9.86. The van der Waals surface area contributed by atoms with Crippen LogP contribution in [0.15, 0.2) is 6.20 Å². The summed E-state index contributed by atoms with van der Waals surface area (Å²) in [5.74, 6) is 0.437. The van der Waals surface area contributed by atoms with Crippen LogP contribution in [-0.2, 0) is 4.79 Å². The molecular weight excluding hydrogens is 182 g/mol. The molecule has 0 radical (unpaired) electrons. The van der Waals surface area contributed by atoms with Gasteiger partial charge in [-0.15, -0.1) is 0 Å². The number of aromatic nitrogens is 2. The van der Waals surface area contributed by atoms with Crippen molar-refractivity contribution in [1.82, 2.24) is 15.5 Å². The molecule has 0 spiro atoms. The van der Waals surface area contributed by atoms with E-state index in [1.807, 2.05) is 6.92 Å². The third-order valence-electron chi connectivity index (χ3n) is 1.81. The molecule has 0 aliphatic heterocycles. The molecule has 1 aromatic rings. The highest BCUT2D eigenvalue weighted by molar-refractivity contribution is 5.82. The van der Waals surface area contributed by atoms with Gasteiger partial charge in [0.2, 0.25) is 5.91 Å². The van der Waals surface area contributed by atoms with Crippen LogP contribution in [-0.4, -0.2) is 36.2 Å². The molecule has 0 aromatic carbocycles. The summed E-state index contributed by atoms with van der Waals surface area (Å²) in [6.45, 7) is 2.79. The number of H-pyrrole nitrogens is 1. The molecule has 0 saturated heterocycles. The molecular formula is C8H15N5O. The van der Waals surface area contributed by atoms with E-state index in [0.29, 0.717) is 12.4 Å². The fraction of sp³-hybridized carbons (Fsp3) is 0.500. The van der Waals surface area contributed by atoms with E-state index in [9.17, 15) is 4.79 Å². The molecule has 78 valence electrons. The first-order valence-electron chi connectivity index (χ1n) is 4.41. The summed E-state index contributed by atoms with van der Waals surface area (Å²) in [4.78, 5) is 13.0. The predicted molar refractivity (Wildman–Crippen MR) is 55.0 cm³/mol. The van der Waals surface area contributed by atoms with Crippen molar-refractivity contribution in [2.75, 3.05) is 30.8 Å². The number of anilines is 2. The van der Waals surface area contributed by atoms with Crippen LogP contribution in [0.5, 0.6) is 0 Å². The summed E-state index contributed by atoms with van der Waals surface area (Å²) >= 11 is 0. The molecule has 0 aliphatic rings. The lowest BCUT2D eigenvalue weighted by atomic mass is 10.4. The minimum atomic E-state index is -0.0319. The van der Waals surface area contributed by atoms with Gasteiger partial charge in [0.1, 0.15) is 5.82 Å². The summed E-state index contributed by atoms with van der Waals surface area (Å²) in [6.07, 6.45) is 1.59. The van der Waals surface area contributed by atoms with Crippen molar-refractivity contribution in [3.63, 3.8) is 0 Å². The molecule has 4 N–H and O–H groups in total. The molecule has 1 aromatic heterocycles. The number of carbonyl (C=O) groups excluding carboxylic acids is 1. The molecule has 14 heavy (non-hydrogen) atoms. The number of carbonyl (C=O) groups is 1. The van der Waals surface area contributed by atoms with Crippen molar-refractivity contribution in [3.8, 4) is 0 Å². The average molecular weight is 197 g/mol. The van der Waals surface area contributed by atoms with Crippen molar-refractivity contribution < 1.29 is 4.79 Å². The minimum absolute atomic E-state index is 0.0319. The maximum absolute atomic E-state index is 11.2. The lowest BCUT2D eigenvalue weighted by Gasteiger charge is -2.16. The standard InChI is InChI=1S/C8H15N5O/c1-3-10-7(14)5-13(2)6-4-11-12-8(6)9/h4H,3,5H2,1-2H3,(H,10,14)(H3,9,11,12). The van der Waals surface area contributed by atoms with E-state index in [-0.39, 0.29) is 12.5 Å². The van der Waals surface area contributed by atoms with Crippen molar-refractivity contribution in [2.24, 2.45) is 0 Å². The summed E-state index contributed by atoms with van der Waals surface area (Å²) in [7, 11) is 1.79. The van der Waals surface area contributed by atoms with Crippen molar-refractivity contribution in [2.45, 2.75) is 6.92 Å². The third-order valence-corrected chi connectivity index (χ3v) is 1.81. The fourth-order valence-electron chi connectivity index (χ4n) is 1.15. The van der Waals surface area contributed by atoms with Gasteiger partial charge in [-0.2, -0.15) is 5.10 Å². The van der Waals surface area contributed by atoms with Crippen LogP contribution >= 0.6 is 0 Å². The fourth-order valence-corrected chi connectivity index (χ4v) is 1.15. The van der Waals surface area contributed by atoms with Crippen molar-refractivity contribution in [1.29, 1.82) is 0 Å². The Hall–Kier alpha value is -1.72. The molecule has 6 heteroatoms. The van der Waals surface area contributed by atoms with E-state index in [2.05, 4.69) is 15.5 Å². The molecule has 1 heterocycles. The second-order valence-electron chi connectivity index (χ2n) is 2.98. The zero-order valence-electron chi connectivity index (χ0n) is 8.37. The van der Waals surface area contributed by atoms with Crippen LogP contribution in [0.25, 0.3) is 0 Å². The van der Waals surface area contributed by atoms with Gasteiger partial charge in [-0.1, -0.05) is 0 Å². The number of amides is 1. The lowest BCUT2D eigenvalue weighted by Crippen LogP contribution is -2.35. The first kappa shape index (κ1) is 10.4. The molecule has 0 bridgehead atoms. The smallest absolute Gasteiger partial charge is 0.239 e. The highest BCUT2D eigenvalue weighted by atomic mass is 16.2. The van der Waals surface area contributed by atoms with Gasteiger partial charge < -0.3 is 16.0 Å².